The fourth-order valence-corrected chi connectivity index (χ4v) is 1.46. The van der Waals surface area contributed by atoms with E-state index in [4.69, 9.17) is 11.6 Å². The second-order valence-electron chi connectivity index (χ2n) is 3.36. The SMILES string of the molecule is Cn1c(Cl)cnc1CNCc1ccncn1. The second-order valence-corrected chi connectivity index (χ2v) is 3.75. The van der Waals surface area contributed by atoms with E-state index < -0.39 is 0 Å². The molecule has 0 bridgehead atoms. The first-order valence-electron chi connectivity index (χ1n) is 4.89. The summed E-state index contributed by atoms with van der Waals surface area (Å²) in [4.78, 5) is 12.1. The molecule has 2 heterocycles. The van der Waals surface area contributed by atoms with E-state index in [2.05, 4.69) is 20.3 Å². The third-order valence-corrected chi connectivity index (χ3v) is 2.61. The molecule has 5 nitrogen and oxygen atoms in total. The van der Waals surface area contributed by atoms with Crippen molar-refractivity contribution < 1.29 is 0 Å². The zero-order valence-electron chi connectivity index (χ0n) is 8.89. The first-order chi connectivity index (χ1) is 7.77. The van der Waals surface area contributed by atoms with Crippen LogP contribution in [0.15, 0.2) is 24.8 Å². The molecular weight excluding hydrogens is 226 g/mol. The molecule has 84 valence electrons. The lowest BCUT2D eigenvalue weighted by Crippen LogP contribution is -2.16. The van der Waals surface area contributed by atoms with Gasteiger partial charge in [-0.25, -0.2) is 15.0 Å². The van der Waals surface area contributed by atoms with Gasteiger partial charge in [0.15, 0.2) is 0 Å². The first-order valence-corrected chi connectivity index (χ1v) is 5.27. The summed E-state index contributed by atoms with van der Waals surface area (Å²) < 4.78 is 1.84. The van der Waals surface area contributed by atoms with E-state index in [1.54, 1.807) is 12.4 Å². The fraction of sp³-hybridized carbons (Fsp3) is 0.300. The second kappa shape index (κ2) is 5.05. The van der Waals surface area contributed by atoms with E-state index in [0.29, 0.717) is 18.2 Å². The van der Waals surface area contributed by atoms with Crippen LogP contribution in [-0.2, 0) is 20.1 Å². The van der Waals surface area contributed by atoms with Crippen molar-refractivity contribution in [1.82, 2.24) is 24.8 Å². The molecule has 0 aliphatic heterocycles. The molecule has 0 amide bonds. The number of nitrogens with one attached hydrogen (secondary N) is 1. The van der Waals surface area contributed by atoms with Gasteiger partial charge in [0, 0.05) is 19.8 Å². The van der Waals surface area contributed by atoms with Gasteiger partial charge >= 0.3 is 0 Å². The molecule has 0 radical (unpaired) electrons. The Morgan fingerprint density at radius 1 is 1.38 bits per heavy atom. The molecule has 0 spiro atoms. The molecule has 6 heteroatoms. The summed E-state index contributed by atoms with van der Waals surface area (Å²) in [6, 6.07) is 1.87. The molecule has 0 atom stereocenters. The van der Waals surface area contributed by atoms with Gasteiger partial charge in [-0.1, -0.05) is 11.6 Å². The largest absolute Gasteiger partial charge is 0.321 e. The predicted octanol–water partition coefficient (Wildman–Crippen LogP) is 1.15. The maximum absolute atomic E-state index is 5.88. The summed E-state index contributed by atoms with van der Waals surface area (Å²) in [5.41, 5.74) is 0.954. The van der Waals surface area contributed by atoms with Crippen molar-refractivity contribution in [2.24, 2.45) is 7.05 Å². The Morgan fingerprint density at radius 2 is 2.25 bits per heavy atom. The minimum Gasteiger partial charge on any atom is -0.321 e. The lowest BCUT2D eigenvalue weighted by Gasteiger charge is -2.04. The van der Waals surface area contributed by atoms with Crippen molar-refractivity contribution in [2.75, 3.05) is 0 Å². The van der Waals surface area contributed by atoms with Crippen molar-refractivity contribution in [1.29, 1.82) is 0 Å². The molecular formula is C10H12ClN5. The third-order valence-electron chi connectivity index (χ3n) is 2.26. The van der Waals surface area contributed by atoms with Crippen LogP contribution >= 0.6 is 11.6 Å². The van der Waals surface area contributed by atoms with Gasteiger partial charge in [0.1, 0.15) is 17.3 Å². The molecule has 0 saturated heterocycles. The Hall–Kier alpha value is -1.46. The minimum atomic E-state index is 0.638. The average molecular weight is 238 g/mol. The van der Waals surface area contributed by atoms with Crippen LogP contribution in [0, 0.1) is 0 Å². The molecule has 1 N–H and O–H groups in total. The van der Waals surface area contributed by atoms with Crippen molar-refractivity contribution in [3.05, 3.63) is 41.5 Å². The zero-order chi connectivity index (χ0) is 11.4. The lowest BCUT2D eigenvalue weighted by atomic mass is 10.4. The highest BCUT2D eigenvalue weighted by Gasteiger charge is 2.03. The number of rotatable bonds is 4. The van der Waals surface area contributed by atoms with Gasteiger partial charge in [0.05, 0.1) is 18.4 Å². The minimum absolute atomic E-state index is 0.638. The quantitative estimate of drug-likeness (QED) is 0.867. The summed E-state index contributed by atoms with van der Waals surface area (Å²) in [6.07, 6.45) is 4.90. The molecule has 16 heavy (non-hydrogen) atoms. The van der Waals surface area contributed by atoms with Gasteiger partial charge in [-0.2, -0.15) is 0 Å². The maximum Gasteiger partial charge on any atom is 0.128 e. The van der Waals surface area contributed by atoms with Crippen molar-refractivity contribution in [2.45, 2.75) is 13.1 Å². The smallest absolute Gasteiger partial charge is 0.128 e. The number of nitrogens with zero attached hydrogens (tertiary/aromatic N) is 4. The molecule has 2 aromatic rings. The molecule has 2 aromatic heterocycles. The van der Waals surface area contributed by atoms with E-state index in [-0.39, 0.29) is 0 Å². The Kier molecular flexibility index (Phi) is 3.48. The standard InChI is InChI=1S/C10H12ClN5/c1-16-9(11)5-14-10(16)6-13-4-8-2-3-12-7-15-8/h2-3,5,7,13H,4,6H2,1H3. The Morgan fingerprint density at radius 3 is 2.88 bits per heavy atom. The van der Waals surface area contributed by atoms with Crippen LogP contribution < -0.4 is 5.32 Å². The summed E-state index contributed by atoms with van der Waals surface area (Å²) in [5, 5.41) is 3.88. The third kappa shape index (κ3) is 2.56. The summed E-state index contributed by atoms with van der Waals surface area (Å²) in [7, 11) is 1.89. The molecule has 2 rings (SSSR count). The van der Waals surface area contributed by atoms with E-state index >= 15 is 0 Å². The van der Waals surface area contributed by atoms with Crippen molar-refractivity contribution in [3.8, 4) is 0 Å². The molecule has 0 unspecified atom stereocenters. The molecule has 0 fully saturated rings. The predicted molar refractivity (Wildman–Crippen MR) is 60.8 cm³/mol. The van der Waals surface area contributed by atoms with E-state index in [1.807, 2.05) is 17.7 Å². The van der Waals surface area contributed by atoms with Crippen LogP contribution in [-0.4, -0.2) is 19.5 Å². The summed E-state index contributed by atoms with van der Waals surface area (Å²) in [6.45, 7) is 1.35. The van der Waals surface area contributed by atoms with Gasteiger partial charge in [-0.3, -0.25) is 0 Å². The van der Waals surface area contributed by atoms with Crippen LogP contribution in [0.4, 0.5) is 0 Å². The van der Waals surface area contributed by atoms with E-state index in [1.165, 1.54) is 6.33 Å². The van der Waals surface area contributed by atoms with E-state index in [0.717, 1.165) is 11.5 Å². The molecule has 0 aliphatic carbocycles. The Balaban J connectivity index is 1.87. The summed E-state index contributed by atoms with van der Waals surface area (Å²) in [5.74, 6) is 0.902. The molecule has 0 saturated carbocycles. The first kappa shape index (κ1) is 11.0. The number of imidazole rings is 1. The zero-order valence-corrected chi connectivity index (χ0v) is 9.65. The van der Waals surface area contributed by atoms with Crippen LogP contribution in [0.1, 0.15) is 11.5 Å². The van der Waals surface area contributed by atoms with Crippen LogP contribution in [0.5, 0.6) is 0 Å². The van der Waals surface area contributed by atoms with Gasteiger partial charge < -0.3 is 9.88 Å². The number of hydrogen-bond donors (Lipinski definition) is 1. The van der Waals surface area contributed by atoms with Gasteiger partial charge in [0.2, 0.25) is 0 Å². The van der Waals surface area contributed by atoms with E-state index in [9.17, 15) is 0 Å². The fourth-order valence-electron chi connectivity index (χ4n) is 1.31. The van der Waals surface area contributed by atoms with Gasteiger partial charge in [-0.05, 0) is 6.07 Å². The molecule has 0 aliphatic rings. The van der Waals surface area contributed by atoms with Crippen LogP contribution in [0.2, 0.25) is 5.15 Å². The van der Waals surface area contributed by atoms with Gasteiger partial charge in [0.25, 0.3) is 0 Å². The highest BCUT2D eigenvalue weighted by atomic mass is 35.5. The number of hydrogen-bond acceptors (Lipinski definition) is 4. The van der Waals surface area contributed by atoms with Gasteiger partial charge in [-0.15, -0.1) is 0 Å². The Bertz CT molecular complexity index is 453. The lowest BCUT2D eigenvalue weighted by molar-refractivity contribution is 0.630. The normalized spacial score (nSPS) is 10.6. The Labute approximate surface area is 98.5 Å². The molecule has 0 aromatic carbocycles. The highest BCUT2D eigenvalue weighted by Crippen LogP contribution is 2.08. The number of halogens is 1. The maximum atomic E-state index is 5.88. The van der Waals surface area contributed by atoms with Crippen LogP contribution in [0.25, 0.3) is 0 Å². The average Bonchev–Trinajstić information content (AvgIpc) is 2.62. The number of aromatic nitrogens is 4. The van der Waals surface area contributed by atoms with Crippen LogP contribution in [0.3, 0.4) is 0 Å². The topological polar surface area (TPSA) is 55.6 Å². The summed E-state index contributed by atoms with van der Waals surface area (Å²) >= 11 is 5.88. The van der Waals surface area contributed by atoms with Crippen molar-refractivity contribution >= 4 is 11.6 Å². The monoisotopic (exact) mass is 237 g/mol. The highest BCUT2D eigenvalue weighted by molar-refractivity contribution is 6.29. The van der Waals surface area contributed by atoms with Crippen molar-refractivity contribution in [3.63, 3.8) is 0 Å².